The second-order valence-corrected chi connectivity index (χ2v) is 11.3. The van der Waals surface area contributed by atoms with Gasteiger partial charge in [-0.1, -0.05) is 42.5 Å². The molecular formula is C36H31FN8. The van der Waals surface area contributed by atoms with Crippen LogP contribution >= 0.6 is 0 Å². The minimum absolute atomic E-state index is 0.179. The average Bonchev–Trinajstić information content (AvgIpc) is 3.45. The number of hydrogen-bond acceptors (Lipinski definition) is 7. The highest BCUT2D eigenvalue weighted by Gasteiger charge is 2.21. The molecule has 5 heterocycles. The van der Waals surface area contributed by atoms with Crippen LogP contribution in [0.2, 0.25) is 0 Å². The number of nitrogens with two attached hydrogens (primary N) is 1. The molecule has 4 aromatic heterocycles. The highest BCUT2D eigenvalue weighted by molar-refractivity contribution is 5.91. The van der Waals surface area contributed by atoms with E-state index >= 15 is 0 Å². The second-order valence-electron chi connectivity index (χ2n) is 11.3. The molecule has 1 aliphatic rings. The van der Waals surface area contributed by atoms with Crippen LogP contribution in [0.3, 0.4) is 0 Å². The van der Waals surface area contributed by atoms with Crippen molar-refractivity contribution >= 4 is 17.2 Å². The van der Waals surface area contributed by atoms with E-state index in [4.69, 9.17) is 11.0 Å². The molecule has 9 heteroatoms. The zero-order valence-corrected chi connectivity index (χ0v) is 24.6. The van der Waals surface area contributed by atoms with E-state index in [1.807, 2.05) is 18.2 Å². The first-order valence-electron chi connectivity index (χ1n) is 15.0. The number of nitrogens with one attached hydrogen (secondary N) is 1. The average molecular weight is 595 g/mol. The summed E-state index contributed by atoms with van der Waals surface area (Å²) in [6, 6.07) is 29.6. The molecule has 8 nitrogen and oxygen atoms in total. The topological polar surface area (TPSA) is 108 Å². The highest BCUT2D eigenvalue weighted by Crippen LogP contribution is 2.38. The lowest BCUT2D eigenvalue weighted by atomic mass is 10.00. The van der Waals surface area contributed by atoms with E-state index in [2.05, 4.69) is 78.2 Å². The van der Waals surface area contributed by atoms with E-state index in [1.165, 1.54) is 17.7 Å². The van der Waals surface area contributed by atoms with E-state index in [-0.39, 0.29) is 11.6 Å². The Labute approximate surface area is 260 Å². The Morgan fingerprint density at radius 3 is 2.38 bits per heavy atom. The number of piperidine rings is 1. The molecule has 0 amide bonds. The number of likely N-dealkylation sites (tertiary alicyclic amines) is 1. The monoisotopic (exact) mass is 594 g/mol. The van der Waals surface area contributed by atoms with Gasteiger partial charge in [0.05, 0.1) is 5.69 Å². The van der Waals surface area contributed by atoms with Crippen LogP contribution in [0.1, 0.15) is 24.2 Å². The molecule has 3 N–H and O–H groups in total. The maximum absolute atomic E-state index is 13.6. The maximum Gasteiger partial charge on any atom is 0.234 e. The summed E-state index contributed by atoms with van der Waals surface area (Å²) < 4.78 is 15.8. The number of nitrogens with zero attached hydrogens (tertiary/aromatic N) is 6. The van der Waals surface area contributed by atoms with Crippen LogP contribution < -0.4 is 11.1 Å². The number of aromatic nitrogens is 4. The molecule has 45 heavy (non-hydrogen) atoms. The molecule has 0 spiro atoms. The third-order valence-electron chi connectivity index (χ3n) is 8.40. The van der Waals surface area contributed by atoms with Gasteiger partial charge in [0.15, 0.2) is 0 Å². The Morgan fingerprint density at radius 1 is 0.867 bits per heavy atom. The van der Waals surface area contributed by atoms with E-state index in [0.29, 0.717) is 17.7 Å². The Hall–Kier alpha value is -5.59. The molecule has 2 aromatic carbocycles. The zero-order chi connectivity index (χ0) is 30.8. The van der Waals surface area contributed by atoms with Crippen molar-refractivity contribution in [1.29, 1.82) is 5.26 Å². The highest BCUT2D eigenvalue weighted by atomic mass is 19.1. The Bertz CT molecular complexity index is 2000. The second kappa shape index (κ2) is 12.2. The molecule has 1 fully saturated rings. The molecular weight excluding hydrogens is 563 g/mol. The standard InChI is InChI=1S/C36H31FN8/c37-28-10-7-25(8-11-28)27-9-12-30-20-32(31-2-1-16-41-36(31)39)35(45(30)23-27)26-5-3-24(4-6-26)22-44-18-14-29(15-19-44)42-33-13-17-40-34(21-38)43-33/h1-13,16-17,20,23,29H,14-15,18-19,22H2,(H2,39,41)(H,40,42,43). The smallest absolute Gasteiger partial charge is 0.234 e. The van der Waals surface area contributed by atoms with Crippen molar-refractivity contribution in [3.05, 3.63) is 121 Å². The molecule has 1 saturated heterocycles. The summed E-state index contributed by atoms with van der Waals surface area (Å²) in [6.07, 6.45) is 7.40. The lowest BCUT2D eigenvalue weighted by molar-refractivity contribution is 0.211. The first-order valence-corrected chi connectivity index (χ1v) is 15.0. The van der Waals surface area contributed by atoms with Gasteiger partial charge in [-0.2, -0.15) is 5.26 Å². The fraction of sp³-hybridized carbons (Fsp3) is 0.167. The Balaban J connectivity index is 1.13. The van der Waals surface area contributed by atoms with Crippen molar-refractivity contribution in [2.24, 2.45) is 0 Å². The lowest BCUT2D eigenvalue weighted by Crippen LogP contribution is -2.38. The first-order chi connectivity index (χ1) is 22.0. The predicted octanol–water partition coefficient (Wildman–Crippen LogP) is 6.79. The van der Waals surface area contributed by atoms with Gasteiger partial charge in [-0.15, -0.1) is 0 Å². The number of rotatable bonds is 7. The molecule has 1 aliphatic heterocycles. The first kappa shape index (κ1) is 28.2. The predicted molar refractivity (Wildman–Crippen MR) is 175 cm³/mol. The summed E-state index contributed by atoms with van der Waals surface area (Å²) >= 11 is 0. The number of nitrogen functional groups attached to an aromatic ring is 1. The fourth-order valence-electron chi connectivity index (χ4n) is 6.09. The van der Waals surface area contributed by atoms with E-state index in [9.17, 15) is 4.39 Å². The van der Waals surface area contributed by atoms with Crippen molar-refractivity contribution in [2.45, 2.75) is 25.4 Å². The summed E-state index contributed by atoms with van der Waals surface area (Å²) in [5.41, 5.74) is 14.5. The van der Waals surface area contributed by atoms with Gasteiger partial charge in [0.2, 0.25) is 5.82 Å². The van der Waals surface area contributed by atoms with Gasteiger partial charge in [0.1, 0.15) is 23.5 Å². The van der Waals surface area contributed by atoms with Gasteiger partial charge in [-0.3, -0.25) is 4.90 Å². The molecule has 6 aromatic rings. The number of pyridine rings is 2. The summed E-state index contributed by atoms with van der Waals surface area (Å²) in [5, 5.41) is 12.5. The molecule has 0 unspecified atom stereocenters. The van der Waals surface area contributed by atoms with Crippen LogP contribution in [0.15, 0.2) is 104 Å². The van der Waals surface area contributed by atoms with Gasteiger partial charge >= 0.3 is 0 Å². The van der Waals surface area contributed by atoms with Crippen molar-refractivity contribution < 1.29 is 4.39 Å². The normalized spacial score (nSPS) is 14.0. The van der Waals surface area contributed by atoms with Crippen LogP contribution in [-0.4, -0.2) is 43.4 Å². The molecule has 0 atom stereocenters. The summed E-state index contributed by atoms with van der Waals surface area (Å²) in [6.45, 7) is 2.80. The summed E-state index contributed by atoms with van der Waals surface area (Å²) in [4.78, 5) is 15.0. The van der Waals surface area contributed by atoms with Crippen molar-refractivity contribution in [3.63, 3.8) is 0 Å². The third-order valence-corrected chi connectivity index (χ3v) is 8.40. The van der Waals surface area contributed by atoms with Gasteiger partial charge in [-0.05, 0) is 77.6 Å². The van der Waals surface area contributed by atoms with Crippen LogP contribution in [-0.2, 0) is 6.54 Å². The summed E-state index contributed by atoms with van der Waals surface area (Å²) in [5.74, 6) is 1.10. The van der Waals surface area contributed by atoms with Crippen molar-refractivity contribution in [1.82, 2.24) is 24.3 Å². The van der Waals surface area contributed by atoms with Crippen LogP contribution in [0.5, 0.6) is 0 Å². The SMILES string of the molecule is N#Cc1nccc(NC2CCN(Cc3ccc(-c4c(-c5cccnc5N)cc5ccc(-c6ccc(F)cc6)cn45)cc3)CC2)n1. The van der Waals surface area contributed by atoms with Gasteiger partial charge < -0.3 is 15.5 Å². The minimum Gasteiger partial charge on any atom is -0.383 e. The fourth-order valence-corrected chi connectivity index (χ4v) is 6.09. The van der Waals surface area contributed by atoms with Crippen LogP contribution in [0.4, 0.5) is 16.0 Å². The third kappa shape index (κ3) is 5.96. The van der Waals surface area contributed by atoms with E-state index < -0.39 is 0 Å². The van der Waals surface area contributed by atoms with Gasteiger partial charge in [-0.25, -0.2) is 19.3 Å². The Morgan fingerprint density at radius 2 is 1.62 bits per heavy atom. The molecule has 222 valence electrons. The number of anilines is 2. The van der Waals surface area contributed by atoms with E-state index in [0.717, 1.165) is 71.5 Å². The Kier molecular flexibility index (Phi) is 7.64. The van der Waals surface area contributed by atoms with Crippen molar-refractivity contribution in [3.8, 4) is 39.6 Å². The molecule has 7 rings (SSSR count). The number of nitriles is 1. The van der Waals surface area contributed by atoms with Crippen molar-refractivity contribution in [2.75, 3.05) is 24.1 Å². The quantitative estimate of drug-likeness (QED) is 0.209. The minimum atomic E-state index is -0.255. The largest absolute Gasteiger partial charge is 0.383 e. The molecule has 0 aliphatic carbocycles. The van der Waals surface area contributed by atoms with E-state index in [1.54, 1.807) is 30.6 Å². The van der Waals surface area contributed by atoms with Gasteiger partial charge in [0.25, 0.3) is 0 Å². The number of halogens is 1. The van der Waals surface area contributed by atoms with Crippen LogP contribution in [0.25, 0.3) is 39.0 Å². The molecule has 0 radical (unpaired) electrons. The maximum atomic E-state index is 13.6. The number of benzene rings is 2. The molecule has 0 saturated carbocycles. The lowest BCUT2D eigenvalue weighted by Gasteiger charge is -2.32. The van der Waals surface area contributed by atoms with Crippen LogP contribution in [0, 0.1) is 17.1 Å². The summed E-state index contributed by atoms with van der Waals surface area (Å²) in [7, 11) is 0. The van der Waals surface area contributed by atoms with Gasteiger partial charge in [0, 0.05) is 60.9 Å². The zero-order valence-electron chi connectivity index (χ0n) is 24.6. The number of fused-ring (bicyclic) bond motifs is 1. The molecule has 0 bridgehead atoms. The number of hydrogen-bond donors (Lipinski definition) is 2.